The van der Waals surface area contributed by atoms with Crippen molar-refractivity contribution in [1.29, 1.82) is 0 Å². The van der Waals surface area contributed by atoms with Gasteiger partial charge in [-0.25, -0.2) is 4.39 Å². The lowest BCUT2D eigenvalue weighted by Gasteiger charge is -2.04. The molecule has 3 rings (SSSR count). The van der Waals surface area contributed by atoms with Crippen molar-refractivity contribution in [2.45, 2.75) is 6.92 Å². The molecule has 0 fully saturated rings. The number of thiazole rings is 1. The standard InChI is InChI=1S/C17H13FN2OS2/c1-11-2-8-14(9-3-11)20-16(21)15(23-17(20)22)10-19-13-6-4-12(18)5-7-13/h2-10,21H,1H3. The van der Waals surface area contributed by atoms with E-state index < -0.39 is 0 Å². The second kappa shape index (κ2) is 6.44. The normalized spacial score (nSPS) is 11.2. The average molecular weight is 344 g/mol. The summed E-state index contributed by atoms with van der Waals surface area (Å²) in [6.45, 7) is 2.00. The van der Waals surface area contributed by atoms with Crippen molar-refractivity contribution in [3.05, 3.63) is 68.7 Å². The quantitative estimate of drug-likeness (QED) is 0.525. The summed E-state index contributed by atoms with van der Waals surface area (Å²) in [4.78, 5) is 4.80. The minimum Gasteiger partial charge on any atom is -0.493 e. The van der Waals surface area contributed by atoms with E-state index in [-0.39, 0.29) is 11.7 Å². The molecule has 0 aliphatic rings. The first-order valence-electron chi connectivity index (χ1n) is 6.86. The molecule has 3 aromatic rings. The minimum absolute atomic E-state index is 0.0507. The Kier molecular flexibility index (Phi) is 4.36. The van der Waals surface area contributed by atoms with E-state index in [1.807, 2.05) is 31.2 Å². The summed E-state index contributed by atoms with van der Waals surface area (Å²) in [7, 11) is 0. The Morgan fingerprint density at radius 3 is 2.43 bits per heavy atom. The number of hydrogen-bond donors (Lipinski definition) is 1. The van der Waals surface area contributed by atoms with Crippen LogP contribution in [-0.2, 0) is 0 Å². The van der Waals surface area contributed by atoms with Crippen LogP contribution in [0.5, 0.6) is 5.88 Å². The first-order chi connectivity index (χ1) is 11.0. The third-order valence-corrected chi connectivity index (χ3v) is 4.56. The molecule has 0 aliphatic heterocycles. The molecule has 1 heterocycles. The molecule has 1 N–H and O–H groups in total. The summed E-state index contributed by atoms with van der Waals surface area (Å²) in [5.74, 6) is -0.261. The van der Waals surface area contributed by atoms with Gasteiger partial charge in [0.1, 0.15) is 10.7 Å². The highest BCUT2D eigenvalue weighted by Crippen LogP contribution is 2.29. The lowest BCUT2D eigenvalue weighted by molar-refractivity contribution is 0.441. The predicted molar refractivity (Wildman–Crippen MR) is 94.5 cm³/mol. The molecule has 0 amide bonds. The van der Waals surface area contributed by atoms with Gasteiger partial charge in [0.05, 0.1) is 17.6 Å². The smallest absolute Gasteiger partial charge is 0.216 e. The lowest BCUT2D eigenvalue weighted by atomic mass is 10.2. The molecule has 0 aliphatic carbocycles. The highest BCUT2D eigenvalue weighted by molar-refractivity contribution is 7.73. The van der Waals surface area contributed by atoms with Gasteiger partial charge in [-0.05, 0) is 55.5 Å². The topological polar surface area (TPSA) is 37.5 Å². The molecule has 6 heteroatoms. The summed E-state index contributed by atoms with van der Waals surface area (Å²) < 4.78 is 15.0. The van der Waals surface area contributed by atoms with Crippen LogP contribution in [0, 0.1) is 16.7 Å². The number of aryl methyl sites for hydroxylation is 1. The first-order valence-corrected chi connectivity index (χ1v) is 8.08. The average Bonchev–Trinajstić information content (AvgIpc) is 2.82. The summed E-state index contributed by atoms with van der Waals surface area (Å²) in [5, 5.41) is 10.4. The maximum atomic E-state index is 12.9. The number of halogens is 1. The van der Waals surface area contributed by atoms with Gasteiger partial charge in [-0.1, -0.05) is 29.0 Å². The zero-order chi connectivity index (χ0) is 16.4. The maximum Gasteiger partial charge on any atom is 0.216 e. The van der Waals surface area contributed by atoms with Gasteiger partial charge in [0.15, 0.2) is 3.95 Å². The third-order valence-electron chi connectivity index (χ3n) is 3.26. The van der Waals surface area contributed by atoms with Gasteiger partial charge in [-0.15, -0.1) is 0 Å². The Bertz CT molecular complexity index is 909. The molecule has 23 heavy (non-hydrogen) atoms. The lowest BCUT2D eigenvalue weighted by Crippen LogP contribution is -1.93. The Morgan fingerprint density at radius 2 is 1.78 bits per heavy atom. The molecule has 2 aromatic carbocycles. The van der Waals surface area contributed by atoms with Crippen molar-refractivity contribution in [3.63, 3.8) is 0 Å². The first kappa shape index (κ1) is 15.6. The number of benzene rings is 2. The van der Waals surface area contributed by atoms with Crippen molar-refractivity contribution in [3.8, 4) is 11.6 Å². The van der Waals surface area contributed by atoms with Crippen LogP contribution < -0.4 is 0 Å². The molecule has 116 valence electrons. The number of hydrogen-bond acceptors (Lipinski definition) is 4. The molecule has 0 radical (unpaired) electrons. The van der Waals surface area contributed by atoms with Crippen LogP contribution >= 0.6 is 23.6 Å². The van der Waals surface area contributed by atoms with Crippen LogP contribution in [0.1, 0.15) is 10.4 Å². The van der Waals surface area contributed by atoms with Gasteiger partial charge in [0, 0.05) is 0 Å². The van der Waals surface area contributed by atoms with Gasteiger partial charge in [0.25, 0.3) is 0 Å². The highest BCUT2D eigenvalue weighted by atomic mass is 32.1. The monoisotopic (exact) mass is 344 g/mol. The second-order valence-corrected chi connectivity index (χ2v) is 6.64. The van der Waals surface area contributed by atoms with Crippen LogP contribution in [-0.4, -0.2) is 15.9 Å². The fourth-order valence-corrected chi connectivity index (χ4v) is 3.27. The van der Waals surface area contributed by atoms with Crippen molar-refractivity contribution in [2.24, 2.45) is 4.99 Å². The van der Waals surface area contributed by atoms with E-state index in [2.05, 4.69) is 4.99 Å². The van der Waals surface area contributed by atoms with E-state index in [4.69, 9.17) is 12.2 Å². The van der Waals surface area contributed by atoms with E-state index >= 15 is 0 Å². The van der Waals surface area contributed by atoms with Gasteiger partial charge in [-0.2, -0.15) is 0 Å². The molecule has 0 saturated carbocycles. The molecular formula is C17H13FN2OS2. The summed E-state index contributed by atoms with van der Waals surface area (Å²) in [6.07, 6.45) is 1.54. The molecule has 3 nitrogen and oxygen atoms in total. The fourth-order valence-electron chi connectivity index (χ4n) is 2.05. The molecule has 0 saturated heterocycles. The Hall–Kier alpha value is -2.31. The zero-order valence-electron chi connectivity index (χ0n) is 12.2. The number of aromatic hydroxyl groups is 1. The summed E-state index contributed by atoms with van der Waals surface area (Å²) >= 11 is 6.60. The minimum atomic E-state index is -0.312. The third kappa shape index (κ3) is 3.38. The van der Waals surface area contributed by atoms with Gasteiger partial charge in [-0.3, -0.25) is 9.56 Å². The van der Waals surface area contributed by atoms with Gasteiger partial charge < -0.3 is 5.11 Å². The van der Waals surface area contributed by atoms with E-state index in [0.29, 0.717) is 14.5 Å². The van der Waals surface area contributed by atoms with Gasteiger partial charge >= 0.3 is 0 Å². The van der Waals surface area contributed by atoms with Crippen molar-refractivity contribution >= 4 is 35.5 Å². The van der Waals surface area contributed by atoms with Crippen molar-refractivity contribution < 1.29 is 9.50 Å². The van der Waals surface area contributed by atoms with Crippen LogP contribution in [0.2, 0.25) is 0 Å². The predicted octanol–water partition coefficient (Wildman–Crippen LogP) is 5.17. The van der Waals surface area contributed by atoms with E-state index in [9.17, 15) is 9.50 Å². The summed E-state index contributed by atoms with van der Waals surface area (Å²) in [5.41, 5.74) is 2.54. The Balaban J connectivity index is 1.96. The molecule has 1 aromatic heterocycles. The SMILES string of the molecule is Cc1ccc(-n2c(O)c(C=Nc3ccc(F)cc3)sc2=S)cc1. The number of nitrogens with zero attached hydrogens (tertiary/aromatic N) is 2. The Morgan fingerprint density at radius 1 is 1.13 bits per heavy atom. The molecule has 0 unspecified atom stereocenters. The number of aliphatic imine (C=N–C) groups is 1. The Labute approximate surface area is 142 Å². The molecular weight excluding hydrogens is 331 g/mol. The molecule has 0 bridgehead atoms. The molecule has 0 spiro atoms. The van der Waals surface area contributed by atoms with E-state index in [1.165, 1.54) is 29.7 Å². The highest BCUT2D eigenvalue weighted by Gasteiger charge is 2.11. The van der Waals surface area contributed by atoms with Gasteiger partial charge in [0.2, 0.25) is 5.88 Å². The summed E-state index contributed by atoms with van der Waals surface area (Å²) in [6, 6.07) is 13.5. The maximum absolute atomic E-state index is 12.9. The van der Waals surface area contributed by atoms with E-state index in [0.717, 1.165) is 11.3 Å². The number of aromatic nitrogens is 1. The fraction of sp³-hybridized carbons (Fsp3) is 0.0588. The zero-order valence-corrected chi connectivity index (χ0v) is 13.9. The van der Waals surface area contributed by atoms with Crippen molar-refractivity contribution in [2.75, 3.05) is 0 Å². The number of rotatable bonds is 3. The molecule has 0 atom stereocenters. The van der Waals surface area contributed by atoms with Crippen LogP contribution in [0.3, 0.4) is 0 Å². The van der Waals surface area contributed by atoms with Crippen LogP contribution in [0.15, 0.2) is 53.5 Å². The largest absolute Gasteiger partial charge is 0.493 e. The van der Waals surface area contributed by atoms with Crippen LogP contribution in [0.4, 0.5) is 10.1 Å². The van der Waals surface area contributed by atoms with E-state index in [1.54, 1.807) is 16.7 Å². The second-order valence-electron chi connectivity index (χ2n) is 4.96. The van der Waals surface area contributed by atoms with Crippen LogP contribution in [0.25, 0.3) is 5.69 Å². The van der Waals surface area contributed by atoms with Crippen molar-refractivity contribution in [1.82, 2.24) is 4.57 Å².